The molecule has 0 bridgehead atoms. The maximum Gasteiger partial charge on any atom is 0.337 e. The number of aromatic nitrogens is 1. The van der Waals surface area contributed by atoms with Crippen molar-refractivity contribution in [3.63, 3.8) is 0 Å². The number of rotatable bonds is 4. The van der Waals surface area contributed by atoms with Crippen molar-refractivity contribution in [1.29, 1.82) is 0 Å². The smallest absolute Gasteiger partial charge is 0.337 e. The minimum atomic E-state index is -2.63. The van der Waals surface area contributed by atoms with Crippen molar-refractivity contribution in [2.75, 3.05) is 5.32 Å². The molecule has 1 heterocycles. The molecule has 0 atom stereocenters. The Morgan fingerprint density at radius 2 is 1.93 bits per heavy atom. The molecule has 8 heteroatoms. The second kappa shape index (κ2) is 8.12. The zero-order chi connectivity index (χ0) is 21.5. The Kier molecular flexibility index (Phi) is 5.68. The number of pyridine rings is 1. The maximum absolute atomic E-state index is 13.7. The first-order valence-corrected chi connectivity index (χ1v) is 10.7. The number of carbonyl (C=O) groups is 1. The van der Waals surface area contributed by atoms with E-state index in [1.54, 1.807) is 18.3 Å². The van der Waals surface area contributed by atoms with Crippen molar-refractivity contribution in [3.8, 4) is 0 Å². The molecule has 30 heavy (non-hydrogen) atoms. The van der Waals surface area contributed by atoms with E-state index >= 15 is 0 Å². The Hall–Kier alpha value is -2.25. The highest BCUT2D eigenvalue weighted by atomic mass is 79.9. The van der Waals surface area contributed by atoms with Crippen LogP contribution in [0.3, 0.4) is 0 Å². The molecule has 0 amide bonds. The second-order valence-corrected chi connectivity index (χ2v) is 8.85. The normalized spacial score (nSPS) is 16.5. The van der Waals surface area contributed by atoms with Crippen molar-refractivity contribution in [3.05, 3.63) is 63.2 Å². The Labute approximate surface area is 185 Å². The van der Waals surface area contributed by atoms with Crippen LogP contribution >= 0.6 is 27.5 Å². The monoisotopic (exact) mass is 494 g/mol. The first-order chi connectivity index (χ1) is 14.2. The van der Waals surface area contributed by atoms with Gasteiger partial charge in [0.1, 0.15) is 0 Å². The summed E-state index contributed by atoms with van der Waals surface area (Å²) >= 11 is 9.45. The van der Waals surface area contributed by atoms with Crippen molar-refractivity contribution in [1.82, 2.24) is 4.98 Å². The van der Waals surface area contributed by atoms with E-state index in [4.69, 9.17) is 11.6 Å². The summed E-state index contributed by atoms with van der Waals surface area (Å²) in [5.41, 5.74) is 2.62. The number of nitrogens with zero attached hydrogens (tertiary/aromatic N) is 1. The summed E-state index contributed by atoms with van der Waals surface area (Å²) < 4.78 is 28.3. The third-order valence-corrected chi connectivity index (χ3v) is 6.22. The van der Waals surface area contributed by atoms with Crippen molar-refractivity contribution < 1.29 is 18.7 Å². The van der Waals surface area contributed by atoms with Crippen LogP contribution in [0.1, 0.15) is 47.5 Å². The summed E-state index contributed by atoms with van der Waals surface area (Å²) in [6.07, 6.45) is 2.05. The number of aromatic carboxylic acids is 1. The Morgan fingerprint density at radius 1 is 1.20 bits per heavy atom. The van der Waals surface area contributed by atoms with Gasteiger partial charge in [0, 0.05) is 33.9 Å². The number of benzene rings is 2. The van der Waals surface area contributed by atoms with Crippen LogP contribution in [0.2, 0.25) is 5.02 Å². The van der Waals surface area contributed by atoms with E-state index in [0.717, 1.165) is 20.9 Å². The largest absolute Gasteiger partial charge is 0.478 e. The molecule has 1 aliphatic rings. The highest BCUT2D eigenvalue weighted by Crippen LogP contribution is 2.45. The zero-order valence-electron chi connectivity index (χ0n) is 15.8. The first-order valence-electron chi connectivity index (χ1n) is 9.49. The fourth-order valence-electron chi connectivity index (χ4n) is 3.92. The van der Waals surface area contributed by atoms with Gasteiger partial charge in [0.2, 0.25) is 5.92 Å². The number of hydrogen-bond donors (Lipinski definition) is 2. The van der Waals surface area contributed by atoms with Crippen LogP contribution in [0, 0.1) is 0 Å². The lowest BCUT2D eigenvalue weighted by molar-refractivity contribution is -0.0381. The molecule has 4 rings (SSSR count). The molecule has 0 spiro atoms. The van der Waals surface area contributed by atoms with Gasteiger partial charge < -0.3 is 10.4 Å². The van der Waals surface area contributed by atoms with E-state index in [-0.39, 0.29) is 24.3 Å². The standard InChI is InChI=1S/C22H18BrClF2N2O2/c23-13-1-3-18-15(9-13)20(28-19-4-2-14(24)10-16(19)21(29)30)17(11-27-18)12-5-7-22(25,26)8-6-12/h1-4,9-12H,5-8H2,(H,27,28)(H,29,30). The summed E-state index contributed by atoms with van der Waals surface area (Å²) in [4.78, 5) is 16.3. The lowest BCUT2D eigenvalue weighted by Crippen LogP contribution is -2.24. The zero-order valence-corrected chi connectivity index (χ0v) is 18.1. The molecule has 1 aliphatic carbocycles. The number of alkyl halides is 2. The van der Waals surface area contributed by atoms with E-state index in [0.29, 0.717) is 29.2 Å². The van der Waals surface area contributed by atoms with E-state index < -0.39 is 11.9 Å². The molecule has 0 unspecified atom stereocenters. The molecule has 0 aliphatic heterocycles. The number of carboxylic acid groups (broad SMARTS) is 1. The lowest BCUT2D eigenvalue weighted by Gasteiger charge is -2.30. The molecule has 1 saturated carbocycles. The molecule has 0 radical (unpaired) electrons. The van der Waals surface area contributed by atoms with Crippen LogP contribution in [0.4, 0.5) is 20.2 Å². The summed E-state index contributed by atoms with van der Waals surface area (Å²) in [7, 11) is 0. The predicted octanol–water partition coefficient (Wildman–Crippen LogP) is 7.39. The molecule has 0 saturated heterocycles. The molecule has 3 aromatic rings. The number of halogens is 4. The quantitative estimate of drug-likeness (QED) is 0.396. The minimum absolute atomic E-state index is 0.0311. The van der Waals surface area contributed by atoms with Crippen LogP contribution in [0.15, 0.2) is 47.1 Å². The minimum Gasteiger partial charge on any atom is -0.478 e. The van der Waals surface area contributed by atoms with Crippen molar-refractivity contribution in [2.45, 2.75) is 37.5 Å². The van der Waals surface area contributed by atoms with Crippen LogP contribution < -0.4 is 5.32 Å². The van der Waals surface area contributed by atoms with Crippen LogP contribution in [-0.4, -0.2) is 22.0 Å². The van der Waals surface area contributed by atoms with Crippen LogP contribution in [0.5, 0.6) is 0 Å². The summed E-state index contributed by atoms with van der Waals surface area (Å²) in [5.74, 6) is -3.84. The molecule has 156 valence electrons. The first kappa shape index (κ1) is 21.0. The van der Waals surface area contributed by atoms with Crippen LogP contribution in [-0.2, 0) is 0 Å². The number of fused-ring (bicyclic) bond motifs is 1. The third-order valence-electron chi connectivity index (χ3n) is 5.49. The van der Waals surface area contributed by atoms with Gasteiger partial charge in [-0.3, -0.25) is 4.98 Å². The fraction of sp³-hybridized carbons (Fsp3) is 0.273. The average Bonchev–Trinajstić information content (AvgIpc) is 2.69. The van der Waals surface area contributed by atoms with Gasteiger partial charge in [-0.1, -0.05) is 27.5 Å². The van der Waals surface area contributed by atoms with Gasteiger partial charge in [-0.15, -0.1) is 0 Å². The second-order valence-electron chi connectivity index (χ2n) is 7.50. The SMILES string of the molecule is O=C(O)c1cc(Cl)ccc1Nc1c(C2CCC(F)(F)CC2)cnc2ccc(Br)cc12. The number of anilines is 2. The van der Waals surface area contributed by atoms with Gasteiger partial charge in [-0.2, -0.15) is 0 Å². The lowest BCUT2D eigenvalue weighted by atomic mass is 9.81. The molecule has 2 aromatic carbocycles. The highest BCUT2D eigenvalue weighted by Gasteiger charge is 2.36. The van der Waals surface area contributed by atoms with E-state index in [9.17, 15) is 18.7 Å². The van der Waals surface area contributed by atoms with Crippen molar-refractivity contribution in [2.24, 2.45) is 0 Å². The van der Waals surface area contributed by atoms with E-state index in [1.807, 2.05) is 18.2 Å². The van der Waals surface area contributed by atoms with Gasteiger partial charge in [0.25, 0.3) is 0 Å². The average molecular weight is 496 g/mol. The summed E-state index contributed by atoms with van der Waals surface area (Å²) in [5, 5.41) is 13.9. The number of hydrogen-bond acceptors (Lipinski definition) is 3. The highest BCUT2D eigenvalue weighted by molar-refractivity contribution is 9.10. The van der Waals surface area contributed by atoms with Gasteiger partial charge in [-0.25, -0.2) is 13.6 Å². The van der Waals surface area contributed by atoms with E-state index in [2.05, 4.69) is 26.2 Å². The fourth-order valence-corrected chi connectivity index (χ4v) is 4.45. The summed E-state index contributed by atoms with van der Waals surface area (Å²) in [6, 6.07) is 10.2. The molecule has 1 aromatic heterocycles. The Balaban J connectivity index is 1.85. The maximum atomic E-state index is 13.7. The molecular formula is C22H18BrClF2N2O2. The molecule has 4 nitrogen and oxygen atoms in total. The Bertz CT molecular complexity index is 1130. The topological polar surface area (TPSA) is 62.2 Å². The summed E-state index contributed by atoms with van der Waals surface area (Å²) in [6.45, 7) is 0. The van der Waals surface area contributed by atoms with Gasteiger partial charge in [0.05, 0.1) is 22.5 Å². The molecule has 2 N–H and O–H groups in total. The Morgan fingerprint density at radius 3 is 2.63 bits per heavy atom. The number of carboxylic acids is 1. The molecular weight excluding hydrogens is 478 g/mol. The van der Waals surface area contributed by atoms with Gasteiger partial charge >= 0.3 is 5.97 Å². The third kappa shape index (κ3) is 4.27. The predicted molar refractivity (Wildman–Crippen MR) is 117 cm³/mol. The van der Waals surface area contributed by atoms with Gasteiger partial charge in [-0.05, 0) is 60.7 Å². The number of nitrogens with one attached hydrogen (secondary N) is 1. The van der Waals surface area contributed by atoms with E-state index in [1.165, 1.54) is 6.07 Å². The van der Waals surface area contributed by atoms with Crippen molar-refractivity contribution >= 4 is 55.8 Å². The van der Waals surface area contributed by atoms with Crippen LogP contribution in [0.25, 0.3) is 10.9 Å². The van der Waals surface area contributed by atoms with Gasteiger partial charge in [0.15, 0.2) is 0 Å². The molecule has 1 fully saturated rings.